The Morgan fingerprint density at radius 3 is 2.65 bits per heavy atom. The van der Waals surface area contributed by atoms with Crippen molar-refractivity contribution in [3.8, 4) is 6.07 Å². The first kappa shape index (κ1) is 13.2. The molecule has 1 aromatic rings. The number of hydrogen-bond donors (Lipinski definition) is 2. The number of anilines is 1. The molecule has 0 saturated carbocycles. The first-order chi connectivity index (χ1) is 8.11. The highest BCUT2D eigenvalue weighted by atomic mass is 16.3. The summed E-state index contributed by atoms with van der Waals surface area (Å²) in [6, 6.07) is 9.16. The minimum absolute atomic E-state index is 0.296. The number of hydrazone groups is 1. The third-order valence-corrected chi connectivity index (χ3v) is 2.31. The van der Waals surface area contributed by atoms with Gasteiger partial charge in [-0.1, -0.05) is 0 Å². The van der Waals surface area contributed by atoms with Crippen LogP contribution < -0.4 is 5.43 Å². The van der Waals surface area contributed by atoms with E-state index >= 15 is 0 Å². The fourth-order valence-corrected chi connectivity index (χ4v) is 1.25. The third-order valence-electron chi connectivity index (χ3n) is 2.31. The second-order valence-electron chi connectivity index (χ2n) is 4.04. The Bertz CT molecular complexity index is 415. The molecule has 0 aliphatic heterocycles. The fraction of sp³-hybridized carbons (Fsp3) is 0.385. The lowest BCUT2D eigenvalue weighted by Gasteiger charge is -2.05. The molecule has 1 unspecified atom stereocenters. The van der Waals surface area contributed by atoms with Crippen LogP contribution in [-0.2, 0) is 0 Å². The molecule has 0 saturated heterocycles. The molecule has 90 valence electrons. The van der Waals surface area contributed by atoms with Gasteiger partial charge in [0, 0.05) is 5.71 Å². The second kappa shape index (κ2) is 6.66. The number of nitrogens with zero attached hydrogens (tertiary/aromatic N) is 2. The first-order valence-corrected chi connectivity index (χ1v) is 5.59. The van der Waals surface area contributed by atoms with E-state index in [0.717, 1.165) is 17.8 Å². The predicted molar refractivity (Wildman–Crippen MR) is 68.8 cm³/mol. The summed E-state index contributed by atoms with van der Waals surface area (Å²) in [6.45, 7) is 3.68. The van der Waals surface area contributed by atoms with Crippen molar-refractivity contribution in [1.82, 2.24) is 0 Å². The maximum absolute atomic E-state index is 9.14. The van der Waals surface area contributed by atoms with Gasteiger partial charge in [0.15, 0.2) is 0 Å². The quantitative estimate of drug-likeness (QED) is 0.604. The van der Waals surface area contributed by atoms with Gasteiger partial charge in [-0.15, -0.1) is 0 Å². The standard InChI is InChI=1S/C13H17N3O/c1-10(3-4-11(2)17)15-16-13-7-5-12(9-14)6-8-13/h5-8,11,16-17H,3-4H2,1-2H3/b15-10-. The Labute approximate surface area is 102 Å². The van der Waals surface area contributed by atoms with Crippen LogP contribution in [0.1, 0.15) is 32.3 Å². The highest BCUT2D eigenvalue weighted by Gasteiger charge is 1.98. The van der Waals surface area contributed by atoms with E-state index in [1.165, 1.54) is 0 Å². The zero-order valence-corrected chi connectivity index (χ0v) is 10.1. The maximum atomic E-state index is 9.14. The van der Waals surface area contributed by atoms with Crippen molar-refractivity contribution in [2.75, 3.05) is 5.43 Å². The van der Waals surface area contributed by atoms with E-state index in [0.29, 0.717) is 12.0 Å². The van der Waals surface area contributed by atoms with Crippen molar-refractivity contribution >= 4 is 11.4 Å². The smallest absolute Gasteiger partial charge is 0.0991 e. The van der Waals surface area contributed by atoms with Crippen LogP contribution in [0.5, 0.6) is 0 Å². The number of benzene rings is 1. The topological polar surface area (TPSA) is 68.4 Å². The first-order valence-electron chi connectivity index (χ1n) is 5.59. The minimum atomic E-state index is -0.296. The summed E-state index contributed by atoms with van der Waals surface area (Å²) in [5.74, 6) is 0. The predicted octanol–water partition coefficient (Wildman–Crippen LogP) is 2.51. The molecular weight excluding hydrogens is 214 g/mol. The lowest BCUT2D eigenvalue weighted by Crippen LogP contribution is -2.04. The number of aliphatic hydroxyl groups is 1. The second-order valence-corrected chi connectivity index (χ2v) is 4.04. The van der Waals surface area contributed by atoms with Gasteiger partial charge in [0.05, 0.1) is 23.4 Å². The van der Waals surface area contributed by atoms with E-state index in [-0.39, 0.29) is 6.10 Å². The Morgan fingerprint density at radius 2 is 2.12 bits per heavy atom. The van der Waals surface area contributed by atoms with Crippen LogP contribution >= 0.6 is 0 Å². The molecule has 0 aliphatic rings. The highest BCUT2D eigenvalue weighted by Crippen LogP contribution is 2.09. The molecule has 2 N–H and O–H groups in total. The number of rotatable bonds is 5. The van der Waals surface area contributed by atoms with Crippen LogP contribution in [0.4, 0.5) is 5.69 Å². The van der Waals surface area contributed by atoms with Crippen LogP contribution in [0.25, 0.3) is 0 Å². The minimum Gasteiger partial charge on any atom is -0.393 e. The van der Waals surface area contributed by atoms with Gasteiger partial charge in [0.2, 0.25) is 0 Å². The summed E-state index contributed by atoms with van der Waals surface area (Å²) < 4.78 is 0. The monoisotopic (exact) mass is 231 g/mol. The molecule has 4 heteroatoms. The molecule has 0 aliphatic carbocycles. The molecule has 0 heterocycles. The number of aliphatic hydroxyl groups excluding tert-OH is 1. The zero-order valence-electron chi connectivity index (χ0n) is 10.1. The third kappa shape index (κ3) is 5.14. The lowest BCUT2D eigenvalue weighted by atomic mass is 10.2. The van der Waals surface area contributed by atoms with Gasteiger partial charge in [-0.25, -0.2) is 0 Å². The fourth-order valence-electron chi connectivity index (χ4n) is 1.25. The molecule has 1 atom stereocenters. The van der Waals surface area contributed by atoms with Crippen LogP contribution in [-0.4, -0.2) is 16.9 Å². The van der Waals surface area contributed by atoms with E-state index in [1.807, 2.05) is 19.1 Å². The molecule has 1 aromatic carbocycles. The zero-order chi connectivity index (χ0) is 12.7. The normalized spacial score (nSPS) is 12.9. The Morgan fingerprint density at radius 1 is 1.47 bits per heavy atom. The molecule has 17 heavy (non-hydrogen) atoms. The van der Waals surface area contributed by atoms with Gasteiger partial charge >= 0.3 is 0 Å². The van der Waals surface area contributed by atoms with Gasteiger partial charge in [-0.05, 0) is 51.0 Å². The van der Waals surface area contributed by atoms with Crippen LogP contribution in [0, 0.1) is 11.3 Å². The number of nitrogens with one attached hydrogen (secondary N) is 1. The van der Waals surface area contributed by atoms with Crippen molar-refractivity contribution in [1.29, 1.82) is 5.26 Å². The number of nitriles is 1. The van der Waals surface area contributed by atoms with E-state index in [9.17, 15) is 0 Å². The Hall–Kier alpha value is -1.86. The van der Waals surface area contributed by atoms with Gasteiger partial charge in [-0.2, -0.15) is 10.4 Å². The van der Waals surface area contributed by atoms with E-state index < -0.39 is 0 Å². The molecule has 0 spiro atoms. The van der Waals surface area contributed by atoms with Crippen LogP contribution in [0.3, 0.4) is 0 Å². The summed E-state index contributed by atoms with van der Waals surface area (Å²) in [5.41, 5.74) is 5.33. The maximum Gasteiger partial charge on any atom is 0.0991 e. The van der Waals surface area contributed by atoms with Crippen LogP contribution in [0.2, 0.25) is 0 Å². The van der Waals surface area contributed by atoms with E-state index in [2.05, 4.69) is 16.6 Å². The highest BCUT2D eigenvalue weighted by molar-refractivity contribution is 5.82. The van der Waals surface area contributed by atoms with Crippen molar-refractivity contribution in [3.05, 3.63) is 29.8 Å². The van der Waals surface area contributed by atoms with Gasteiger partial charge in [0.1, 0.15) is 0 Å². The average molecular weight is 231 g/mol. The SMILES string of the molecule is C/C(CCC(C)O)=N/Nc1ccc(C#N)cc1. The molecule has 0 radical (unpaired) electrons. The van der Waals surface area contributed by atoms with Crippen molar-refractivity contribution < 1.29 is 5.11 Å². The Balaban J connectivity index is 2.48. The van der Waals surface area contributed by atoms with E-state index in [1.54, 1.807) is 19.1 Å². The van der Waals surface area contributed by atoms with Crippen molar-refractivity contribution in [2.24, 2.45) is 5.10 Å². The summed E-state index contributed by atoms with van der Waals surface area (Å²) in [4.78, 5) is 0. The van der Waals surface area contributed by atoms with Crippen molar-refractivity contribution in [3.63, 3.8) is 0 Å². The summed E-state index contributed by atoms with van der Waals surface area (Å²) in [5, 5.41) is 22.0. The molecule has 4 nitrogen and oxygen atoms in total. The average Bonchev–Trinajstić information content (AvgIpc) is 2.34. The van der Waals surface area contributed by atoms with Gasteiger partial charge in [-0.3, -0.25) is 5.43 Å². The number of hydrogen-bond acceptors (Lipinski definition) is 4. The molecule has 0 aromatic heterocycles. The molecule has 0 amide bonds. The van der Waals surface area contributed by atoms with Gasteiger partial charge < -0.3 is 5.11 Å². The largest absolute Gasteiger partial charge is 0.393 e. The lowest BCUT2D eigenvalue weighted by molar-refractivity contribution is 0.187. The molecule has 0 fully saturated rings. The Kier molecular flexibility index (Phi) is 5.18. The van der Waals surface area contributed by atoms with Crippen LogP contribution in [0.15, 0.2) is 29.4 Å². The molecular formula is C13H17N3O. The molecule has 0 bridgehead atoms. The summed E-state index contributed by atoms with van der Waals surface area (Å²) in [7, 11) is 0. The summed E-state index contributed by atoms with van der Waals surface area (Å²) >= 11 is 0. The van der Waals surface area contributed by atoms with Crippen molar-refractivity contribution in [2.45, 2.75) is 32.8 Å². The van der Waals surface area contributed by atoms with Gasteiger partial charge in [0.25, 0.3) is 0 Å². The molecule has 1 rings (SSSR count). The van der Waals surface area contributed by atoms with E-state index in [4.69, 9.17) is 10.4 Å². The summed E-state index contributed by atoms with van der Waals surface area (Å²) in [6.07, 6.45) is 1.18.